The van der Waals surface area contributed by atoms with E-state index in [2.05, 4.69) is 20.4 Å². The van der Waals surface area contributed by atoms with Gasteiger partial charge in [0.1, 0.15) is 0 Å². The Hall–Kier alpha value is -1.50. The molecule has 0 amide bonds. The second-order valence-electron chi connectivity index (χ2n) is 2.95. The maximum atomic E-state index is 3.69. The molecule has 0 bridgehead atoms. The quantitative estimate of drug-likeness (QED) is 0.446. The molecule has 0 fully saturated rings. The predicted molar refractivity (Wildman–Crippen MR) is 71.9 cm³/mol. The largest absolute Gasteiger partial charge is 0.191 e. The molecule has 0 aromatic heterocycles. The molecular formula is C14H18B. The molecule has 0 aromatic rings. The molecule has 1 heteroatoms. The van der Waals surface area contributed by atoms with Crippen molar-refractivity contribution in [2.45, 2.75) is 13.8 Å². The van der Waals surface area contributed by atoms with E-state index in [0.717, 1.165) is 10.9 Å². The lowest BCUT2D eigenvalue weighted by Crippen LogP contribution is -1.97. The van der Waals surface area contributed by atoms with Crippen LogP contribution in [0.2, 0.25) is 0 Å². The molecule has 0 heterocycles. The summed E-state index contributed by atoms with van der Waals surface area (Å²) in [7, 11) is 2.09. The first-order valence-electron chi connectivity index (χ1n) is 5.04. The van der Waals surface area contributed by atoms with Crippen molar-refractivity contribution < 1.29 is 0 Å². The molecule has 0 rings (SSSR count). The second kappa shape index (κ2) is 9.08. The van der Waals surface area contributed by atoms with Crippen LogP contribution in [0.15, 0.2) is 72.7 Å². The lowest BCUT2D eigenvalue weighted by molar-refractivity contribution is 1.67. The summed E-state index contributed by atoms with van der Waals surface area (Å²) in [6.45, 7) is 11.4. The van der Waals surface area contributed by atoms with E-state index >= 15 is 0 Å². The molecule has 0 spiro atoms. The molecule has 0 unspecified atom stereocenters. The smallest absolute Gasteiger partial charge is 0.0991 e. The van der Waals surface area contributed by atoms with Crippen molar-refractivity contribution in [2.24, 2.45) is 0 Å². The minimum Gasteiger partial charge on any atom is -0.0991 e. The molecule has 0 aliphatic rings. The van der Waals surface area contributed by atoms with Crippen molar-refractivity contribution in [2.75, 3.05) is 0 Å². The fourth-order valence-corrected chi connectivity index (χ4v) is 1.15. The third-order valence-electron chi connectivity index (χ3n) is 1.67. The van der Waals surface area contributed by atoms with Crippen LogP contribution in [0.3, 0.4) is 0 Å². The van der Waals surface area contributed by atoms with Crippen molar-refractivity contribution in [1.29, 1.82) is 0 Å². The molecular weight excluding hydrogens is 179 g/mol. The van der Waals surface area contributed by atoms with E-state index < -0.39 is 0 Å². The normalized spacial score (nSPS) is 13.5. The van der Waals surface area contributed by atoms with Crippen LogP contribution in [0, 0.1) is 0 Å². The number of hydrogen-bond donors (Lipinski definition) is 0. The van der Waals surface area contributed by atoms with Gasteiger partial charge in [-0.15, -0.1) is 0 Å². The molecule has 77 valence electrons. The first-order valence-corrected chi connectivity index (χ1v) is 5.04. The lowest BCUT2D eigenvalue weighted by atomic mass is 9.62. The molecule has 0 saturated heterocycles. The van der Waals surface area contributed by atoms with Gasteiger partial charge in [0.05, 0.1) is 0 Å². The van der Waals surface area contributed by atoms with Gasteiger partial charge in [-0.05, 0) is 13.8 Å². The Bertz CT molecular complexity index is 282. The average molecular weight is 197 g/mol. The number of allylic oxidation sites excluding steroid dienone is 10. The van der Waals surface area contributed by atoms with Crippen LogP contribution in [0.5, 0.6) is 0 Å². The highest BCUT2D eigenvalue weighted by molar-refractivity contribution is 6.55. The van der Waals surface area contributed by atoms with Crippen molar-refractivity contribution in [3.05, 3.63) is 72.7 Å². The van der Waals surface area contributed by atoms with E-state index in [9.17, 15) is 0 Å². The molecule has 0 aliphatic heterocycles. The highest BCUT2D eigenvalue weighted by Gasteiger charge is 1.97. The van der Waals surface area contributed by atoms with Crippen LogP contribution in [0.4, 0.5) is 0 Å². The van der Waals surface area contributed by atoms with Gasteiger partial charge in [-0.25, -0.2) is 0 Å². The van der Waals surface area contributed by atoms with Gasteiger partial charge in [0.2, 0.25) is 0 Å². The first kappa shape index (κ1) is 13.5. The summed E-state index contributed by atoms with van der Waals surface area (Å²) in [6, 6.07) is 0. The predicted octanol–water partition coefficient (Wildman–Crippen LogP) is 3.98. The standard InChI is InChI=1S/C14H18B/c1-5-9-13(10-6-2)15-14(11-7-3)12-8-4/h5-12H,1,3H2,2,4H3/b10-6-,12-8-,13-9+,14-11+. The van der Waals surface area contributed by atoms with E-state index in [-0.39, 0.29) is 0 Å². The molecule has 0 aliphatic carbocycles. The minimum atomic E-state index is 1.12. The highest BCUT2D eigenvalue weighted by Crippen LogP contribution is 2.05. The van der Waals surface area contributed by atoms with E-state index in [4.69, 9.17) is 0 Å². The van der Waals surface area contributed by atoms with Gasteiger partial charge in [0, 0.05) is 0 Å². The van der Waals surface area contributed by atoms with Gasteiger partial charge in [0.15, 0.2) is 7.28 Å². The Kier molecular flexibility index (Phi) is 8.17. The van der Waals surface area contributed by atoms with Crippen LogP contribution in [-0.2, 0) is 0 Å². The summed E-state index contributed by atoms with van der Waals surface area (Å²) in [6.07, 6.45) is 15.6. The Balaban J connectivity index is 4.76. The summed E-state index contributed by atoms with van der Waals surface area (Å²) >= 11 is 0. The van der Waals surface area contributed by atoms with Gasteiger partial charge in [-0.3, -0.25) is 0 Å². The van der Waals surface area contributed by atoms with Crippen LogP contribution in [0.1, 0.15) is 13.8 Å². The Morgan fingerprint density at radius 3 is 1.53 bits per heavy atom. The Labute approximate surface area is 94.3 Å². The summed E-state index contributed by atoms with van der Waals surface area (Å²) in [5.74, 6) is 0. The minimum absolute atomic E-state index is 1.12. The van der Waals surface area contributed by atoms with Crippen LogP contribution < -0.4 is 0 Å². The number of rotatable bonds is 6. The van der Waals surface area contributed by atoms with Gasteiger partial charge < -0.3 is 0 Å². The fourth-order valence-electron chi connectivity index (χ4n) is 1.15. The van der Waals surface area contributed by atoms with Crippen molar-refractivity contribution >= 4 is 7.28 Å². The van der Waals surface area contributed by atoms with E-state index in [0.29, 0.717) is 0 Å². The molecule has 15 heavy (non-hydrogen) atoms. The monoisotopic (exact) mass is 197 g/mol. The fraction of sp³-hybridized carbons (Fsp3) is 0.143. The molecule has 0 saturated carbocycles. The third kappa shape index (κ3) is 6.56. The van der Waals surface area contributed by atoms with Gasteiger partial charge in [-0.2, -0.15) is 0 Å². The Morgan fingerprint density at radius 1 is 0.867 bits per heavy atom. The summed E-state index contributed by atoms with van der Waals surface area (Å²) in [5, 5.41) is 0. The second-order valence-corrected chi connectivity index (χ2v) is 2.95. The lowest BCUT2D eigenvalue weighted by Gasteiger charge is -2.00. The van der Waals surface area contributed by atoms with E-state index in [1.807, 2.05) is 50.3 Å². The van der Waals surface area contributed by atoms with Crippen molar-refractivity contribution in [3.63, 3.8) is 0 Å². The third-order valence-corrected chi connectivity index (χ3v) is 1.67. The zero-order valence-corrected chi connectivity index (χ0v) is 9.61. The summed E-state index contributed by atoms with van der Waals surface area (Å²) in [5.41, 5.74) is 2.25. The van der Waals surface area contributed by atoms with Gasteiger partial charge >= 0.3 is 0 Å². The zero-order valence-electron chi connectivity index (χ0n) is 9.61. The van der Waals surface area contributed by atoms with E-state index in [1.165, 1.54) is 0 Å². The molecule has 0 nitrogen and oxygen atoms in total. The molecule has 0 atom stereocenters. The summed E-state index contributed by atoms with van der Waals surface area (Å²) < 4.78 is 0. The van der Waals surface area contributed by atoms with Crippen LogP contribution in [0.25, 0.3) is 0 Å². The average Bonchev–Trinajstić information content (AvgIpc) is 2.19. The van der Waals surface area contributed by atoms with Crippen molar-refractivity contribution in [3.8, 4) is 0 Å². The van der Waals surface area contributed by atoms with Gasteiger partial charge in [0.25, 0.3) is 0 Å². The van der Waals surface area contributed by atoms with Crippen LogP contribution >= 0.6 is 0 Å². The Morgan fingerprint density at radius 2 is 1.27 bits per heavy atom. The molecule has 1 radical (unpaired) electrons. The SMILES string of the molecule is C=C/C=C([B]C(/C=C\C)=C/C=C)\C=C/C. The first-order chi connectivity index (χ1) is 7.28. The maximum absolute atomic E-state index is 3.69. The molecule has 0 N–H and O–H groups in total. The summed E-state index contributed by atoms with van der Waals surface area (Å²) in [4.78, 5) is 0. The topological polar surface area (TPSA) is 0 Å². The zero-order chi connectivity index (χ0) is 11.5. The maximum Gasteiger partial charge on any atom is 0.191 e. The van der Waals surface area contributed by atoms with Crippen molar-refractivity contribution in [1.82, 2.24) is 0 Å². The number of hydrogen-bond acceptors (Lipinski definition) is 0. The van der Waals surface area contributed by atoms with Gasteiger partial charge in [-0.1, -0.05) is 72.7 Å². The highest BCUT2D eigenvalue weighted by atomic mass is 13.8. The molecule has 0 aromatic carbocycles. The van der Waals surface area contributed by atoms with Crippen LogP contribution in [-0.4, -0.2) is 7.28 Å². The van der Waals surface area contributed by atoms with E-state index in [1.54, 1.807) is 12.2 Å².